The lowest BCUT2D eigenvalue weighted by atomic mass is 9.95. The molecular weight excluding hydrogens is 1340 g/mol. The molecule has 12 aromatic heterocycles. The first-order valence-electron chi connectivity index (χ1n) is 39.7. The average Bonchev–Trinajstić information content (AvgIpc) is 1.60. The number of rotatable bonds is 6. The van der Waals surface area contributed by atoms with Crippen LogP contribution in [0.15, 0.2) is 267 Å². The number of pyridine rings is 8. The molecule has 0 amide bonds. The highest BCUT2D eigenvalue weighted by Crippen LogP contribution is 2.43. The highest BCUT2D eigenvalue weighted by atomic mass is 16.4. The van der Waals surface area contributed by atoms with Gasteiger partial charge >= 0.3 is 0 Å². The summed E-state index contributed by atoms with van der Waals surface area (Å²) in [6.45, 7) is 9.62. The standard InChI is InChI=1S/C27H25N2O.C25H23N2O.C23H19N2O.C22H17N2O/c1-17-13-23-25(30-27-26(23)21-10-6-5-9-20(21)16-28-27)15-22(17)24-14-19(11-12-29(24)2)18-7-3-4-8-18;1-15(2)17-9-10-27(4)22(12-17)20-13-23-21(11-16(20)3)24-19-8-6-5-7-18(19)14-26-25(24)28-23;1-14-8-9-25(3)20(10-14)18-12-21-19(11-15(18)2)22-17-7-5-4-6-16(17)13-24-23(22)26-21;1-14-11-18-20(12-17(14)19-9-5-6-10-24(19)2)25-22-21(18)16-8-4-3-7-15(16)13-23-22/h5-6,9-16,18H,3-4,7-8H2,1-2H3;5-15H,1-4H3;4-13H,1-3H3;3-13H,1-2H3/q4*+1/i18D;1D3,15D;;. The quantitative estimate of drug-likeness (QED) is 0.151. The number of benzene rings is 8. The van der Waals surface area contributed by atoms with Crippen molar-refractivity contribution in [3.8, 4) is 45.0 Å². The minimum Gasteiger partial charge on any atom is -0.438 e. The predicted octanol–water partition coefficient (Wildman–Crippen LogP) is 22.8. The summed E-state index contributed by atoms with van der Waals surface area (Å²) in [5.74, 6) is -2.17. The molecule has 1 aliphatic rings. The molecule has 8 aromatic carbocycles. The Kier molecular flexibility index (Phi) is 15.8. The molecule has 0 spiro atoms. The lowest BCUT2D eigenvalue weighted by Crippen LogP contribution is -2.31. The monoisotopic (exact) mass is 1430 g/mol. The number of hydrogen-bond donors (Lipinski definition) is 0. The summed E-state index contributed by atoms with van der Waals surface area (Å²) in [7, 11) is 8.12. The normalized spacial score (nSPS) is 14.2. The summed E-state index contributed by atoms with van der Waals surface area (Å²) in [6, 6.07) is 68.7. The minimum absolute atomic E-state index is 0.447. The van der Waals surface area contributed by atoms with Crippen molar-refractivity contribution in [2.75, 3.05) is 0 Å². The molecule has 21 rings (SSSR count). The Hall–Kier alpha value is -12.8. The van der Waals surface area contributed by atoms with Crippen LogP contribution in [-0.2, 0) is 28.2 Å². The molecule has 0 saturated heterocycles. The summed E-state index contributed by atoms with van der Waals surface area (Å²) in [5, 5.41) is 17.7. The molecule has 12 heterocycles. The van der Waals surface area contributed by atoms with Gasteiger partial charge in [0.1, 0.15) is 50.5 Å². The Morgan fingerprint density at radius 2 is 0.706 bits per heavy atom. The maximum absolute atomic E-state index is 8.95. The number of aryl methyl sites for hydroxylation is 9. The fraction of sp³-hybridized carbons (Fsp3) is 0.175. The molecule has 0 N–H and O–H groups in total. The van der Waals surface area contributed by atoms with Crippen LogP contribution in [0.5, 0.6) is 0 Å². The molecule has 1 saturated carbocycles. The van der Waals surface area contributed by atoms with Crippen LogP contribution in [0.1, 0.15) is 97.0 Å². The third-order valence-corrected chi connectivity index (χ3v) is 22.1. The van der Waals surface area contributed by atoms with Gasteiger partial charge in [-0.25, -0.2) is 38.2 Å². The van der Waals surface area contributed by atoms with Crippen LogP contribution in [0.4, 0.5) is 0 Å². The van der Waals surface area contributed by atoms with Crippen molar-refractivity contribution in [2.24, 2.45) is 28.2 Å². The maximum atomic E-state index is 8.95. The lowest BCUT2D eigenvalue weighted by molar-refractivity contribution is -0.660. The summed E-state index contributed by atoms with van der Waals surface area (Å²) >= 11 is 0. The second kappa shape index (κ2) is 27.5. The molecule has 1 fully saturated rings. The van der Waals surface area contributed by atoms with Crippen molar-refractivity contribution in [1.29, 1.82) is 0 Å². The van der Waals surface area contributed by atoms with E-state index >= 15 is 0 Å². The van der Waals surface area contributed by atoms with Gasteiger partial charge in [-0.1, -0.05) is 124 Å². The van der Waals surface area contributed by atoms with Crippen LogP contribution >= 0.6 is 0 Å². The van der Waals surface area contributed by atoms with E-state index in [1.54, 1.807) is 18.3 Å². The summed E-state index contributed by atoms with van der Waals surface area (Å²) in [6.07, 6.45) is 19.7. The Bertz CT molecular complexity index is 7310. The molecule has 0 radical (unpaired) electrons. The Morgan fingerprint density at radius 1 is 0.367 bits per heavy atom. The van der Waals surface area contributed by atoms with E-state index in [1.165, 1.54) is 67.9 Å². The van der Waals surface area contributed by atoms with Gasteiger partial charge in [0, 0.05) is 123 Å². The Balaban J connectivity index is 0.000000106. The zero-order valence-electron chi connectivity index (χ0n) is 67.7. The third-order valence-electron chi connectivity index (χ3n) is 22.1. The molecule has 532 valence electrons. The topological polar surface area (TPSA) is 120 Å². The van der Waals surface area contributed by atoms with Gasteiger partial charge in [-0.3, -0.25) is 0 Å². The number of hydrogen-bond acceptors (Lipinski definition) is 8. The maximum Gasteiger partial charge on any atom is 0.227 e. The fourth-order valence-electron chi connectivity index (χ4n) is 16.3. The van der Waals surface area contributed by atoms with E-state index in [1.807, 2.05) is 91.9 Å². The molecule has 20 aromatic rings. The minimum atomic E-state index is -2.44. The highest BCUT2D eigenvalue weighted by Gasteiger charge is 2.26. The number of furan rings is 4. The summed E-state index contributed by atoms with van der Waals surface area (Å²) < 4.78 is 73.7. The molecule has 1 unspecified atom stereocenters. The van der Waals surface area contributed by atoms with Crippen molar-refractivity contribution >= 4 is 131 Å². The van der Waals surface area contributed by atoms with Crippen LogP contribution in [-0.4, -0.2) is 19.9 Å². The number of aromatic nitrogens is 8. The van der Waals surface area contributed by atoms with E-state index < -0.39 is 18.6 Å². The second-order valence-electron chi connectivity index (χ2n) is 29.3. The first-order chi connectivity index (χ1) is 54.9. The van der Waals surface area contributed by atoms with E-state index in [0.29, 0.717) is 28.4 Å². The van der Waals surface area contributed by atoms with E-state index in [-0.39, 0.29) is 0 Å². The summed E-state index contributed by atoms with van der Waals surface area (Å²) in [4.78, 5) is 18.1. The van der Waals surface area contributed by atoms with Gasteiger partial charge in [-0.2, -0.15) is 0 Å². The molecule has 0 bridgehead atoms. The van der Waals surface area contributed by atoms with Gasteiger partial charge in [-0.05, 0) is 174 Å². The zero-order chi connectivity index (χ0) is 78.8. The first kappa shape index (κ1) is 62.4. The number of nitrogens with zero attached hydrogens (tertiary/aromatic N) is 8. The predicted molar refractivity (Wildman–Crippen MR) is 442 cm³/mol. The Labute approximate surface area is 638 Å². The highest BCUT2D eigenvalue weighted by molar-refractivity contribution is 6.21. The van der Waals surface area contributed by atoms with Crippen molar-refractivity contribution in [3.63, 3.8) is 0 Å². The number of fused-ring (bicyclic) bond motifs is 20. The molecule has 1 atom stereocenters. The van der Waals surface area contributed by atoms with Crippen LogP contribution in [0.2, 0.25) is 0 Å². The largest absolute Gasteiger partial charge is 0.438 e. The molecule has 12 heteroatoms. The van der Waals surface area contributed by atoms with Gasteiger partial charge < -0.3 is 17.7 Å². The lowest BCUT2D eigenvalue weighted by Gasteiger charge is -2.11. The van der Waals surface area contributed by atoms with Gasteiger partial charge in [-0.15, -0.1) is 0 Å². The molecule has 1 aliphatic carbocycles. The van der Waals surface area contributed by atoms with Crippen LogP contribution < -0.4 is 18.3 Å². The Morgan fingerprint density at radius 3 is 1.10 bits per heavy atom. The molecule has 0 aliphatic heterocycles. The molecule has 109 heavy (non-hydrogen) atoms. The van der Waals surface area contributed by atoms with E-state index in [2.05, 4.69) is 241 Å². The average molecular weight is 1430 g/mol. The van der Waals surface area contributed by atoms with Crippen LogP contribution in [0.3, 0.4) is 0 Å². The van der Waals surface area contributed by atoms with Gasteiger partial charge in [0.25, 0.3) is 0 Å². The van der Waals surface area contributed by atoms with Crippen molar-refractivity contribution < 1.29 is 42.8 Å². The summed E-state index contributed by atoms with van der Waals surface area (Å²) in [5.41, 5.74) is 22.2. The van der Waals surface area contributed by atoms with Gasteiger partial charge in [0.2, 0.25) is 45.6 Å². The smallest absolute Gasteiger partial charge is 0.227 e. The molecule has 12 nitrogen and oxygen atoms in total. The second-order valence-corrected chi connectivity index (χ2v) is 29.3. The molecular formula is C97H84N8O4+4. The van der Waals surface area contributed by atoms with Crippen molar-refractivity contribution in [3.05, 3.63) is 289 Å². The van der Waals surface area contributed by atoms with Crippen molar-refractivity contribution in [2.45, 2.75) is 85.9 Å². The van der Waals surface area contributed by atoms with Crippen LogP contribution in [0.25, 0.3) is 176 Å². The van der Waals surface area contributed by atoms with E-state index in [9.17, 15) is 0 Å². The van der Waals surface area contributed by atoms with Crippen LogP contribution in [0, 0.1) is 34.6 Å². The third kappa shape index (κ3) is 12.2. The first-order valence-corrected chi connectivity index (χ1v) is 37.2. The van der Waals surface area contributed by atoms with Gasteiger partial charge in [0.15, 0.2) is 24.8 Å². The van der Waals surface area contributed by atoms with E-state index in [4.69, 9.17) is 24.5 Å². The van der Waals surface area contributed by atoms with Gasteiger partial charge in [0.05, 0.1) is 43.8 Å². The zero-order valence-corrected chi connectivity index (χ0v) is 62.7. The van der Waals surface area contributed by atoms with Crippen molar-refractivity contribution in [1.82, 2.24) is 19.9 Å². The van der Waals surface area contributed by atoms with E-state index in [0.717, 1.165) is 152 Å². The SMILES string of the molecule is Cc1cc2c(cc1-c1cccc[n+]1C)oc1ncc3ccccc3c12.Cc1cc[n+](C)c(-c2cc3oc4ncc5ccccc5c4c3cc2C)c1.[2H]C([2H])([2H])C([2H])(C)c1cc[n+](C)c(-c2cc3oc4ncc5ccccc5c4c3cc2C)c1.[2H]C1(c2cc[n+](C)c(-c3cc4oc5ncc6ccccc6c5c4cc3C)c2)CCCC1. The fourth-order valence-corrected chi connectivity index (χ4v) is 16.3.